The van der Waals surface area contributed by atoms with Crippen LogP contribution >= 0.6 is 0 Å². The first-order valence-corrected chi connectivity index (χ1v) is 6.20. The quantitative estimate of drug-likeness (QED) is 0.524. The van der Waals surface area contributed by atoms with Crippen molar-refractivity contribution in [2.45, 2.75) is 38.2 Å². The zero-order valence-electron chi connectivity index (χ0n) is 10.3. The van der Waals surface area contributed by atoms with Crippen LogP contribution in [0.2, 0.25) is 0 Å². The van der Waals surface area contributed by atoms with E-state index in [-0.39, 0.29) is 6.54 Å². The molecule has 0 saturated carbocycles. The normalized spacial score (nSPS) is 16.6. The Morgan fingerprint density at radius 2 is 2.11 bits per heavy atom. The summed E-state index contributed by atoms with van der Waals surface area (Å²) in [6.07, 6.45) is 6.16. The number of carboxylic acids is 1. The van der Waals surface area contributed by atoms with Gasteiger partial charge in [0, 0.05) is 6.54 Å². The second kappa shape index (κ2) is 7.71. The van der Waals surface area contributed by atoms with Gasteiger partial charge in [0.2, 0.25) is 0 Å². The zero-order valence-corrected chi connectivity index (χ0v) is 10.3. The number of amides is 2. The fourth-order valence-corrected chi connectivity index (χ4v) is 1.81. The van der Waals surface area contributed by atoms with E-state index in [4.69, 9.17) is 10.2 Å². The third-order valence-corrected chi connectivity index (χ3v) is 2.86. The van der Waals surface area contributed by atoms with Crippen LogP contribution in [0.25, 0.3) is 0 Å². The van der Waals surface area contributed by atoms with E-state index in [1.165, 1.54) is 18.4 Å². The molecule has 0 aromatic carbocycles. The first kappa shape index (κ1) is 14.5. The van der Waals surface area contributed by atoms with Crippen LogP contribution in [-0.2, 0) is 4.79 Å². The van der Waals surface area contributed by atoms with Gasteiger partial charge < -0.3 is 20.8 Å². The molecular formula is C12H20N2O4. The first-order valence-electron chi connectivity index (χ1n) is 6.20. The fourth-order valence-electron chi connectivity index (χ4n) is 1.81. The molecule has 0 aromatic heterocycles. The highest BCUT2D eigenvalue weighted by atomic mass is 16.4. The number of carboxylic acid groups (broad SMARTS) is 1. The van der Waals surface area contributed by atoms with Crippen LogP contribution in [0.3, 0.4) is 0 Å². The molecule has 0 bridgehead atoms. The highest BCUT2D eigenvalue weighted by Gasteiger charge is 2.13. The summed E-state index contributed by atoms with van der Waals surface area (Å²) in [5.41, 5.74) is 1.37. The lowest BCUT2D eigenvalue weighted by Gasteiger charge is -2.13. The Morgan fingerprint density at radius 3 is 2.72 bits per heavy atom. The number of hydrogen-bond acceptors (Lipinski definition) is 3. The molecule has 6 heteroatoms. The lowest BCUT2D eigenvalue weighted by Crippen LogP contribution is -2.42. The topological polar surface area (TPSA) is 98.7 Å². The van der Waals surface area contributed by atoms with Crippen molar-refractivity contribution in [2.75, 3.05) is 13.1 Å². The minimum absolute atomic E-state index is 0.288. The Labute approximate surface area is 106 Å². The molecule has 0 heterocycles. The average molecular weight is 256 g/mol. The van der Waals surface area contributed by atoms with Crippen molar-refractivity contribution in [3.63, 3.8) is 0 Å². The van der Waals surface area contributed by atoms with Crippen molar-refractivity contribution in [3.05, 3.63) is 11.6 Å². The molecule has 6 nitrogen and oxygen atoms in total. The van der Waals surface area contributed by atoms with Crippen molar-refractivity contribution in [3.8, 4) is 0 Å². The van der Waals surface area contributed by atoms with Gasteiger partial charge in [-0.05, 0) is 32.1 Å². The molecule has 0 fully saturated rings. The average Bonchev–Trinajstić information content (AvgIpc) is 2.37. The van der Waals surface area contributed by atoms with E-state index in [2.05, 4.69) is 16.7 Å². The Hall–Kier alpha value is -1.56. The number of carbonyl (C=O) groups is 2. The van der Waals surface area contributed by atoms with E-state index in [1.54, 1.807) is 0 Å². The number of rotatable bonds is 6. The molecule has 0 aromatic rings. The minimum Gasteiger partial charge on any atom is -0.479 e. The molecule has 102 valence electrons. The molecule has 4 N–H and O–H groups in total. The summed E-state index contributed by atoms with van der Waals surface area (Å²) < 4.78 is 0. The van der Waals surface area contributed by atoms with Crippen LogP contribution in [0.15, 0.2) is 11.6 Å². The number of aliphatic hydroxyl groups is 1. The standard InChI is InChI=1S/C12H20N2O4/c15-10(11(16)17)8-14-12(18)13-7-6-9-4-2-1-3-5-9/h4,10,15H,1-3,5-8H2,(H,16,17)(H2,13,14,18). The Balaban J connectivity index is 2.09. The van der Waals surface area contributed by atoms with Crippen LogP contribution in [-0.4, -0.2) is 41.4 Å². The lowest BCUT2D eigenvalue weighted by atomic mass is 9.97. The van der Waals surface area contributed by atoms with Gasteiger partial charge in [0.25, 0.3) is 0 Å². The molecule has 0 spiro atoms. The number of aliphatic hydroxyl groups excluding tert-OH is 1. The van der Waals surface area contributed by atoms with Gasteiger partial charge in [-0.25, -0.2) is 9.59 Å². The number of hydrogen-bond donors (Lipinski definition) is 4. The van der Waals surface area contributed by atoms with Crippen molar-refractivity contribution in [1.82, 2.24) is 10.6 Å². The van der Waals surface area contributed by atoms with Gasteiger partial charge in [0.1, 0.15) is 0 Å². The van der Waals surface area contributed by atoms with Crippen molar-refractivity contribution >= 4 is 12.0 Å². The van der Waals surface area contributed by atoms with Gasteiger partial charge in [-0.15, -0.1) is 0 Å². The van der Waals surface area contributed by atoms with E-state index in [0.29, 0.717) is 6.54 Å². The summed E-state index contributed by atoms with van der Waals surface area (Å²) in [7, 11) is 0. The maximum absolute atomic E-state index is 11.3. The Kier molecular flexibility index (Phi) is 6.21. The summed E-state index contributed by atoms with van der Waals surface area (Å²) in [5, 5.41) is 22.3. The predicted molar refractivity (Wildman–Crippen MR) is 66.2 cm³/mol. The minimum atomic E-state index is -1.56. The molecule has 0 saturated heterocycles. The second-order valence-electron chi connectivity index (χ2n) is 4.35. The predicted octanol–water partition coefficient (Wildman–Crippen LogP) is 0.622. The van der Waals surface area contributed by atoms with Gasteiger partial charge >= 0.3 is 12.0 Å². The van der Waals surface area contributed by atoms with Crippen LogP contribution in [0, 0.1) is 0 Å². The number of allylic oxidation sites excluding steroid dienone is 1. The molecule has 1 rings (SSSR count). The van der Waals surface area contributed by atoms with Crippen molar-refractivity contribution < 1.29 is 19.8 Å². The third-order valence-electron chi connectivity index (χ3n) is 2.86. The number of aliphatic carboxylic acids is 1. The first-order chi connectivity index (χ1) is 8.59. The Morgan fingerprint density at radius 1 is 1.33 bits per heavy atom. The van der Waals surface area contributed by atoms with E-state index < -0.39 is 18.1 Å². The van der Waals surface area contributed by atoms with E-state index in [0.717, 1.165) is 19.3 Å². The zero-order chi connectivity index (χ0) is 13.4. The van der Waals surface area contributed by atoms with Gasteiger partial charge in [0.05, 0.1) is 6.54 Å². The lowest BCUT2D eigenvalue weighted by molar-refractivity contribution is -0.146. The molecule has 1 aliphatic carbocycles. The summed E-state index contributed by atoms with van der Waals surface area (Å²) in [5.74, 6) is -1.34. The van der Waals surface area contributed by atoms with Crippen LogP contribution in [0.1, 0.15) is 32.1 Å². The van der Waals surface area contributed by atoms with Gasteiger partial charge in [-0.1, -0.05) is 11.6 Å². The maximum Gasteiger partial charge on any atom is 0.334 e. The van der Waals surface area contributed by atoms with Crippen LogP contribution < -0.4 is 10.6 Å². The van der Waals surface area contributed by atoms with Crippen molar-refractivity contribution in [2.24, 2.45) is 0 Å². The molecule has 1 atom stereocenters. The molecule has 0 aliphatic heterocycles. The molecular weight excluding hydrogens is 236 g/mol. The summed E-state index contributed by atoms with van der Waals surface area (Å²) in [6, 6.07) is -0.452. The van der Waals surface area contributed by atoms with Gasteiger partial charge in [-0.2, -0.15) is 0 Å². The summed E-state index contributed by atoms with van der Waals surface area (Å²) in [6.45, 7) is 0.241. The molecule has 18 heavy (non-hydrogen) atoms. The van der Waals surface area contributed by atoms with E-state index in [1.807, 2.05) is 0 Å². The van der Waals surface area contributed by atoms with Gasteiger partial charge in [0.15, 0.2) is 6.10 Å². The van der Waals surface area contributed by atoms with E-state index >= 15 is 0 Å². The van der Waals surface area contributed by atoms with E-state index in [9.17, 15) is 9.59 Å². The molecule has 1 aliphatic rings. The third kappa shape index (κ3) is 5.67. The molecule has 0 radical (unpaired) electrons. The second-order valence-corrected chi connectivity index (χ2v) is 4.35. The smallest absolute Gasteiger partial charge is 0.334 e. The fraction of sp³-hybridized carbons (Fsp3) is 0.667. The van der Waals surface area contributed by atoms with Crippen LogP contribution in [0.4, 0.5) is 4.79 Å². The SMILES string of the molecule is O=C(NCCC1=CCCCC1)NCC(O)C(=O)O. The highest BCUT2D eigenvalue weighted by Crippen LogP contribution is 2.19. The maximum atomic E-state index is 11.3. The van der Waals surface area contributed by atoms with Crippen molar-refractivity contribution in [1.29, 1.82) is 0 Å². The Bertz CT molecular complexity index is 328. The van der Waals surface area contributed by atoms with Gasteiger partial charge in [-0.3, -0.25) is 0 Å². The number of urea groups is 1. The number of carbonyl (C=O) groups excluding carboxylic acids is 1. The highest BCUT2D eigenvalue weighted by molar-refractivity contribution is 5.76. The monoisotopic (exact) mass is 256 g/mol. The summed E-state index contributed by atoms with van der Waals surface area (Å²) >= 11 is 0. The summed E-state index contributed by atoms with van der Waals surface area (Å²) in [4.78, 5) is 21.6. The molecule has 2 amide bonds. The molecule has 1 unspecified atom stereocenters. The largest absolute Gasteiger partial charge is 0.479 e. The van der Waals surface area contributed by atoms with Crippen LogP contribution in [0.5, 0.6) is 0 Å². The number of nitrogens with one attached hydrogen (secondary N) is 2.